The van der Waals surface area contributed by atoms with Gasteiger partial charge in [0.2, 0.25) is 0 Å². The minimum absolute atomic E-state index is 0.218. The van der Waals surface area contributed by atoms with Gasteiger partial charge < -0.3 is 14.4 Å². The highest BCUT2D eigenvalue weighted by molar-refractivity contribution is 5.78. The van der Waals surface area contributed by atoms with Gasteiger partial charge in [0, 0.05) is 24.9 Å². The van der Waals surface area contributed by atoms with Crippen LogP contribution < -0.4 is 4.74 Å². The second-order valence-corrected chi connectivity index (χ2v) is 5.45. The third kappa shape index (κ3) is 3.54. The minimum atomic E-state index is -0.739. The van der Waals surface area contributed by atoms with E-state index in [0.717, 1.165) is 35.4 Å². The maximum atomic E-state index is 10.6. The number of carboxylic acid groups (broad SMARTS) is 1. The molecule has 0 saturated carbocycles. The number of methoxy groups -OCH3 is 1. The van der Waals surface area contributed by atoms with Crippen LogP contribution >= 0.6 is 0 Å². The molecule has 0 atom stereocenters. The van der Waals surface area contributed by atoms with Gasteiger partial charge in [-0.1, -0.05) is 0 Å². The van der Waals surface area contributed by atoms with Crippen LogP contribution in [0.1, 0.15) is 45.0 Å². The molecule has 2 rings (SSSR count). The molecule has 0 fully saturated rings. The Morgan fingerprint density at radius 3 is 2.76 bits per heavy atom. The summed E-state index contributed by atoms with van der Waals surface area (Å²) in [7, 11) is 1.65. The van der Waals surface area contributed by atoms with Gasteiger partial charge in [0.1, 0.15) is 11.6 Å². The summed E-state index contributed by atoms with van der Waals surface area (Å²) in [6, 6.07) is 6.23. The molecule has 0 amide bonds. The van der Waals surface area contributed by atoms with Gasteiger partial charge in [0.05, 0.1) is 18.1 Å². The monoisotopic (exact) mass is 290 g/mol. The number of carbonyl (C=O) groups is 1. The zero-order valence-electron chi connectivity index (χ0n) is 12.8. The van der Waals surface area contributed by atoms with Crippen LogP contribution in [0.2, 0.25) is 0 Å². The van der Waals surface area contributed by atoms with Crippen LogP contribution in [0.3, 0.4) is 0 Å². The zero-order chi connectivity index (χ0) is 15.4. The lowest BCUT2D eigenvalue weighted by Crippen LogP contribution is -2.06. The highest BCUT2D eigenvalue weighted by Crippen LogP contribution is 2.25. The van der Waals surface area contributed by atoms with Gasteiger partial charge in [-0.3, -0.25) is 4.79 Å². The predicted octanol–water partition coefficient (Wildman–Crippen LogP) is 3.42. The van der Waals surface area contributed by atoms with Crippen molar-refractivity contribution in [2.45, 2.75) is 45.6 Å². The van der Waals surface area contributed by atoms with E-state index < -0.39 is 5.97 Å². The molecular weight excluding hydrogens is 268 g/mol. The van der Waals surface area contributed by atoms with Crippen LogP contribution in [0, 0.1) is 0 Å². The number of aliphatic carboxylic acids is 1. The quantitative estimate of drug-likeness (QED) is 0.793. The van der Waals surface area contributed by atoms with E-state index in [0.29, 0.717) is 12.5 Å². The van der Waals surface area contributed by atoms with Gasteiger partial charge in [-0.2, -0.15) is 0 Å². The second-order valence-electron chi connectivity index (χ2n) is 5.45. The van der Waals surface area contributed by atoms with Crippen LogP contribution in [-0.2, 0) is 11.2 Å². The Hall–Kier alpha value is -2.04. The molecule has 0 unspecified atom stereocenters. The first kappa shape index (κ1) is 15.4. The maximum Gasteiger partial charge on any atom is 0.303 e. The molecule has 1 aromatic heterocycles. The van der Waals surface area contributed by atoms with Gasteiger partial charge in [0.15, 0.2) is 0 Å². The second kappa shape index (κ2) is 6.61. The van der Waals surface area contributed by atoms with Crippen LogP contribution in [0.15, 0.2) is 18.2 Å². The van der Waals surface area contributed by atoms with Crippen LogP contribution in [0.5, 0.6) is 5.75 Å². The van der Waals surface area contributed by atoms with Crippen molar-refractivity contribution in [2.75, 3.05) is 7.11 Å². The number of fused-ring (bicyclic) bond motifs is 1. The van der Waals surface area contributed by atoms with Gasteiger partial charge in [-0.05, 0) is 38.8 Å². The Morgan fingerprint density at radius 2 is 2.14 bits per heavy atom. The number of imidazole rings is 1. The van der Waals surface area contributed by atoms with Crippen molar-refractivity contribution in [3.8, 4) is 5.75 Å². The molecule has 0 spiro atoms. The molecule has 0 aliphatic carbocycles. The number of benzene rings is 1. The fourth-order valence-corrected chi connectivity index (χ4v) is 2.57. The van der Waals surface area contributed by atoms with Crippen molar-refractivity contribution >= 4 is 17.0 Å². The van der Waals surface area contributed by atoms with Crippen molar-refractivity contribution in [3.05, 3.63) is 24.0 Å². The third-order valence-electron chi connectivity index (χ3n) is 3.53. The molecule has 5 nitrogen and oxygen atoms in total. The fourth-order valence-electron chi connectivity index (χ4n) is 2.57. The molecule has 1 heterocycles. The summed E-state index contributed by atoms with van der Waals surface area (Å²) in [6.07, 6.45) is 2.53. The molecule has 0 aliphatic rings. The van der Waals surface area contributed by atoms with Crippen molar-refractivity contribution in [2.24, 2.45) is 0 Å². The highest BCUT2D eigenvalue weighted by atomic mass is 16.5. The van der Waals surface area contributed by atoms with E-state index in [9.17, 15) is 4.79 Å². The Bertz CT molecular complexity index is 632. The number of aryl methyl sites for hydroxylation is 1. The molecule has 1 aromatic carbocycles. The lowest BCUT2D eigenvalue weighted by atomic mass is 10.2. The lowest BCUT2D eigenvalue weighted by molar-refractivity contribution is -0.137. The number of rotatable bonds is 7. The standard InChI is InChI=1S/C16H22N2O3/c1-11(2)18-14-9-8-12(21-3)10-13(14)17-15(18)6-4-5-7-16(19)20/h8-11H,4-7H2,1-3H3,(H,19,20). The number of carboxylic acids is 1. The summed E-state index contributed by atoms with van der Waals surface area (Å²) < 4.78 is 7.46. The van der Waals surface area contributed by atoms with Crippen molar-refractivity contribution in [1.82, 2.24) is 9.55 Å². The largest absolute Gasteiger partial charge is 0.497 e. The molecule has 114 valence electrons. The first-order valence-corrected chi connectivity index (χ1v) is 7.29. The van der Waals surface area contributed by atoms with Gasteiger partial charge in [-0.25, -0.2) is 4.98 Å². The van der Waals surface area contributed by atoms with Gasteiger partial charge in [-0.15, -0.1) is 0 Å². The molecular formula is C16H22N2O3. The van der Waals surface area contributed by atoms with E-state index in [4.69, 9.17) is 14.8 Å². The number of nitrogens with zero attached hydrogens (tertiary/aromatic N) is 2. The summed E-state index contributed by atoms with van der Waals surface area (Å²) in [6.45, 7) is 4.26. The SMILES string of the molecule is COc1ccc2c(c1)nc(CCCCC(=O)O)n2C(C)C. The van der Waals surface area contributed by atoms with E-state index in [-0.39, 0.29) is 6.42 Å². The van der Waals surface area contributed by atoms with Crippen molar-refractivity contribution in [3.63, 3.8) is 0 Å². The molecule has 5 heteroatoms. The van der Waals surface area contributed by atoms with Crippen molar-refractivity contribution < 1.29 is 14.6 Å². The van der Waals surface area contributed by atoms with E-state index >= 15 is 0 Å². The summed E-state index contributed by atoms with van der Waals surface area (Å²) in [5.74, 6) is 1.07. The molecule has 1 N–H and O–H groups in total. The lowest BCUT2D eigenvalue weighted by Gasteiger charge is -2.13. The Balaban J connectivity index is 2.24. The Morgan fingerprint density at radius 1 is 1.38 bits per heavy atom. The minimum Gasteiger partial charge on any atom is -0.497 e. The van der Waals surface area contributed by atoms with E-state index in [1.54, 1.807) is 7.11 Å². The van der Waals surface area contributed by atoms with Gasteiger partial charge in [0.25, 0.3) is 0 Å². The molecule has 0 radical (unpaired) electrons. The van der Waals surface area contributed by atoms with Crippen LogP contribution in [0.4, 0.5) is 0 Å². The summed E-state index contributed by atoms with van der Waals surface area (Å²) in [4.78, 5) is 15.3. The smallest absolute Gasteiger partial charge is 0.303 e. The zero-order valence-corrected chi connectivity index (χ0v) is 12.8. The average Bonchev–Trinajstić information content (AvgIpc) is 2.80. The topological polar surface area (TPSA) is 64.3 Å². The predicted molar refractivity (Wildman–Crippen MR) is 81.9 cm³/mol. The molecule has 0 saturated heterocycles. The average molecular weight is 290 g/mol. The van der Waals surface area contributed by atoms with E-state index in [1.165, 1.54) is 0 Å². The summed E-state index contributed by atoms with van der Waals surface area (Å²) >= 11 is 0. The van der Waals surface area contributed by atoms with Crippen LogP contribution in [0.25, 0.3) is 11.0 Å². The number of aromatic nitrogens is 2. The first-order chi connectivity index (χ1) is 10.0. The normalized spacial score (nSPS) is 11.2. The van der Waals surface area contributed by atoms with Gasteiger partial charge >= 0.3 is 5.97 Å². The number of unbranched alkanes of at least 4 members (excludes halogenated alkanes) is 1. The number of hydrogen-bond acceptors (Lipinski definition) is 3. The third-order valence-corrected chi connectivity index (χ3v) is 3.53. The number of ether oxygens (including phenoxy) is 1. The maximum absolute atomic E-state index is 10.6. The molecule has 0 bridgehead atoms. The Kier molecular flexibility index (Phi) is 4.83. The summed E-state index contributed by atoms with van der Waals surface area (Å²) in [5.41, 5.74) is 2.02. The van der Waals surface area contributed by atoms with E-state index in [1.807, 2.05) is 18.2 Å². The first-order valence-electron chi connectivity index (χ1n) is 7.29. The molecule has 0 aliphatic heterocycles. The Labute approximate surface area is 124 Å². The van der Waals surface area contributed by atoms with E-state index in [2.05, 4.69) is 18.4 Å². The van der Waals surface area contributed by atoms with Crippen molar-refractivity contribution in [1.29, 1.82) is 0 Å². The fraction of sp³-hybridized carbons (Fsp3) is 0.500. The molecule has 21 heavy (non-hydrogen) atoms. The number of hydrogen-bond donors (Lipinski definition) is 1. The summed E-state index contributed by atoms with van der Waals surface area (Å²) in [5, 5.41) is 8.69. The highest BCUT2D eigenvalue weighted by Gasteiger charge is 2.13. The molecule has 2 aromatic rings. The van der Waals surface area contributed by atoms with Crippen LogP contribution in [-0.4, -0.2) is 27.7 Å².